The second-order valence-corrected chi connectivity index (χ2v) is 5.83. The Kier molecular flexibility index (Phi) is 6.18. The third-order valence-electron chi connectivity index (χ3n) is 3.35. The van der Waals surface area contributed by atoms with Crippen LogP contribution in [-0.2, 0) is 4.79 Å². The van der Waals surface area contributed by atoms with Crippen molar-refractivity contribution in [2.24, 2.45) is 0 Å². The zero-order valence-corrected chi connectivity index (χ0v) is 14.8. The van der Waals surface area contributed by atoms with Gasteiger partial charge in [0.2, 0.25) is 5.91 Å². The van der Waals surface area contributed by atoms with Crippen molar-refractivity contribution >= 4 is 65.6 Å². The molecule has 1 heterocycles. The molecule has 0 saturated heterocycles. The average Bonchev–Trinajstić information content (AvgIpc) is 2.60. The van der Waals surface area contributed by atoms with E-state index < -0.39 is 5.82 Å². The van der Waals surface area contributed by atoms with E-state index in [2.05, 4.69) is 27.2 Å². The molecule has 0 saturated carbocycles. The number of anilines is 3. The molecule has 9 heteroatoms. The van der Waals surface area contributed by atoms with Gasteiger partial charge < -0.3 is 10.6 Å². The van der Waals surface area contributed by atoms with E-state index in [-0.39, 0.29) is 30.1 Å². The minimum atomic E-state index is -0.572. The number of amides is 1. The molecule has 5 nitrogen and oxygen atoms in total. The van der Waals surface area contributed by atoms with Gasteiger partial charge in [-0.3, -0.25) is 4.79 Å². The minimum Gasteiger partial charge on any atom is -0.337 e. The molecule has 3 rings (SSSR count). The van der Waals surface area contributed by atoms with Gasteiger partial charge in [0, 0.05) is 19.5 Å². The zero-order chi connectivity index (χ0) is 18.0. The van der Waals surface area contributed by atoms with Gasteiger partial charge >= 0.3 is 0 Å². The van der Waals surface area contributed by atoms with Crippen LogP contribution in [0.4, 0.5) is 21.6 Å². The Morgan fingerprint density at radius 2 is 1.88 bits per heavy atom. The Hall–Kier alpha value is -2.64. The lowest BCUT2D eigenvalue weighted by Gasteiger charge is -2.11. The van der Waals surface area contributed by atoms with Gasteiger partial charge in [-0.1, -0.05) is 29.8 Å². The molecule has 0 aliphatic heterocycles. The van der Waals surface area contributed by atoms with E-state index >= 15 is 0 Å². The van der Waals surface area contributed by atoms with Crippen molar-refractivity contribution in [1.29, 1.82) is 0 Å². The number of hydrogen-bond acceptors (Lipinski definition) is 4. The molecule has 2 N–H and O–H groups in total. The Morgan fingerprint density at radius 3 is 2.62 bits per heavy atom. The minimum absolute atomic E-state index is 0. The van der Waals surface area contributed by atoms with Gasteiger partial charge in [-0.15, -0.1) is 0 Å². The number of nitrogens with zero attached hydrogens (tertiary/aromatic N) is 2. The first-order valence-corrected chi connectivity index (χ1v) is 7.83. The van der Waals surface area contributed by atoms with Crippen LogP contribution in [0.2, 0.25) is 10.0 Å². The molecule has 1 aromatic heterocycles. The maximum Gasteiger partial charge on any atom is 0.247 e. The van der Waals surface area contributed by atoms with Gasteiger partial charge in [-0.25, -0.2) is 14.4 Å². The first kappa shape index (κ1) is 19.7. The van der Waals surface area contributed by atoms with Gasteiger partial charge in [-0.05, 0) is 36.4 Å². The lowest BCUT2D eigenvalue weighted by Crippen LogP contribution is -2.07. The number of aromatic nitrogens is 2. The number of fused-ring (bicyclic) bond motifs is 1. The van der Waals surface area contributed by atoms with Crippen molar-refractivity contribution < 1.29 is 9.18 Å². The first-order chi connectivity index (χ1) is 12.0. The Morgan fingerprint density at radius 1 is 1.15 bits per heavy atom. The number of carbonyl (C=O) groups excluding carboxylic acids is 1. The Labute approximate surface area is 160 Å². The number of hydrogen-bond donors (Lipinski definition) is 2. The highest BCUT2D eigenvalue weighted by Gasteiger charge is 2.11. The van der Waals surface area contributed by atoms with Crippen LogP contribution in [-0.4, -0.2) is 24.3 Å². The predicted molar refractivity (Wildman–Crippen MR) is 104 cm³/mol. The molecule has 0 unspecified atom stereocenters. The number of carbonyl (C=O) groups is 1. The number of benzene rings is 2. The van der Waals surface area contributed by atoms with E-state index in [1.54, 1.807) is 18.2 Å². The van der Waals surface area contributed by atoms with Gasteiger partial charge in [0.1, 0.15) is 18.0 Å². The summed E-state index contributed by atoms with van der Waals surface area (Å²) in [6.45, 7) is 3.40. The lowest BCUT2D eigenvalue weighted by molar-refractivity contribution is -0.111. The molecule has 0 aliphatic rings. The molecular formula is C17H11BCl2FN4O. The van der Waals surface area contributed by atoms with E-state index in [0.29, 0.717) is 22.4 Å². The van der Waals surface area contributed by atoms with E-state index in [1.165, 1.54) is 12.4 Å². The second kappa shape index (κ2) is 8.16. The molecule has 129 valence electrons. The Balaban J connectivity index is 0.00000243. The summed E-state index contributed by atoms with van der Waals surface area (Å²) in [6.07, 6.45) is 2.51. The van der Waals surface area contributed by atoms with Crippen LogP contribution >= 0.6 is 23.2 Å². The number of nitrogens with one attached hydrogen (secondary N) is 2. The standard InChI is InChI=1S/C17H11Cl2FN4O.B/c1-2-16(25)23-9-3-4-14-10(5-9)17(22-8-21-14)24-15-7-12(19)11(18)6-13(15)20;/h2-8H,1H2,(H,23,25)(H,21,22,24);. The molecule has 2 aromatic carbocycles. The molecule has 0 bridgehead atoms. The first-order valence-electron chi connectivity index (χ1n) is 7.07. The lowest BCUT2D eigenvalue weighted by atomic mass is 10.2. The quantitative estimate of drug-likeness (QED) is 0.391. The largest absolute Gasteiger partial charge is 0.337 e. The average molecular weight is 388 g/mol. The SMILES string of the molecule is C=CC(=O)Nc1ccc2ncnc(Nc3cc(Cl)c(Cl)cc3F)c2c1.[B]. The zero-order valence-electron chi connectivity index (χ0n) is 13.3. The van der Waals surface area contributed by atoms with Gasteiger partial charge in [0.05, 0.1) is 21.2 Å². The van der Waals surface area contributed by atoms with E-state index in [9.17, 15) is 9.18 Å². The predicted octanol–water partition coefficient (Wildman–Crippen LogP) is 4.56. The molecule has 0 spiro atoms. The van der Waals surface area contributed by atoms with Crippen LogP contribution in [0, 0.1) is 5.82 Å². The summed E-state index contributed by atoms with van der Waals surface area (Å²) in [7, 11) is 0. The molecule has 0 atom stereocenters. The second-order valence-electron chi connectivity index (χ2n) is 5.02. The van der Waals surface area contributed by atoms with E-state index in [1.807, 2.05) is 0 Å². The molecule has 0 aliphatic carbocycles. The third-order valence-corrected chi connectivity index (χ3v) is 4.07. The highest BCUT2D eigenvalue weighted by molar-refractivity contribution is 6.42. The van der Waals surface area contributed by atoms with Gasteiger partial charge in [-0.2, -0.15) is 0 Å². The summed E-state index contributed by atoms with van der Waals surface area (Å²) in [4.78, 5) is 19.7. The van der Waals surface area contributed by atoms with Crippen molar-refractivity contribution in [2.45, 2.75) is 0 Å². The fourth-order valence-corrected chi connectivity index (χ4v) is 2.49. The van der Waals surface area contributed by atoms with Crippen molar-refractivity contribution in [1.82, 2.24) is 9.97 Å². The summed E-state index contributed by atoms with van der Waals surface area (Å²) in [5.74, 6) is -0.560. The van der Waals surface area contributed by atoms with Crippen LogP contribution in [0.1, 0.15) is 0 Å². The smallest absolute Gasteiger partial charge is 0.247 e. The van der Waals surface area contributed by atoms with E-state index in [4.69, 9.17) is 23.2 Å². The maximum absolute atomic E-state index is 14.1. The van der Waals surface area contributed by atoms with Crippen LogP contribution in [0.5, 0.6) is 0 Å². The van der Waals surface area contributed by atoms with Crippen molar-refractivity contribution in [3.8, 4) is 0 Å². The topological polar surface area (TPSA) is 66.9 Å². The fraction of sp³-hybridized carbons (Fsp3) is 0. The van der Waals surface area contributed by atoms with Crippen molar-refractivity contribution in [3.63, 3.8) is 0 Å². The van der Waals surface area contributed by atoms with Crippen LogP contribution < -0.4 is 10.6 Å². The number of halogens is 3. The summed E-state index contributed by atoms with van der Waals surface area (Å²) in [5.41, 5.74) is 1.27. The van der Waals surface area contributed by atoms with E-state index in [0.717, 1.165) is 12.1 Å². The molecule has 3 radical (unpaired) electrons. The van der Waals surface area contributed by atoms with Crippen LogP contribution in [0.3, 0.4) is 0 Å². The van der Waals surface area contributed by atoms with Crippen molar-refractivity contribution in [3.05, 3.63) is 65.2 Å². The van der Waals surface area contributed by atoms with Crippen LogP contribution in [0.25, 0.3) is 10.9 Å². The summed E-state index contributed by atoms with van der Waals surface area (Å²) in [6, 6.07) is 7.57. The monoisotopic (exact) mass is 387 g/mol. The molecule has 3 aromatic rings. The normalized spacial score (nSPS) is 10.1. The summed E-state index contributed by atoms with van der Waals surface area (Å²) < 4.78 is 14.1. The van der Waals surface area contributed by atoms with Gasteiger partial charge in [0.25, 0.3) is 0 Å². The summed E-state index contributed by atoms with van der Waals surface area (Å²) in [5, 5.41) is 6.45. The maximum atomic E-state index is 14.1. The Bertz CT molecular complexity index is 1000. The van der Waals surface area contributed by atoms with Gasteiger partial charge in [0.15, 0.2) is 0 Å². The highest BCUT2D eigenvalue weighted by atomic mass is 35.5. The van der Waals surface area contributed by atoms with Crippen molar-refractivity contribution in [2.75, 3.05) is 10.6 Å². The molecule has 1 amide bonds. The van der Waals surface area contributed by atoms with Crippen LogP contribution in [0.15, 0.2) is 49.3 Å². The molecule has 26 heavy (non-hydrogen) atoms. The molecule has 0 fully saturated rings. The highest BCUT2D eigenvalue weighted by Crippen LogP contribution is 2.31. The molecular weight excluding hydrogens is 377 g/mol. The third kappa shape index (κ3) is 4.12. The number of rotatable bonds is 4. The summed E-state index contributed by atoms with van der Waals surface area (Å²) >= 11 is 11.7. The fourth-order valence-electron chi connectivity index (χ4n) is 2.17.